The summed E-state index contributed by atoms with van der Waals surface area (Å²) < 4.78 is 1.81. The van der Waals surface area contributed by atoms with Crippen molar-refractivity contribution in [1.29, 1.82) is 0 Å². The third kappa shape index (κ3) is 1.62. The summed E-state index contributed by atoms with van der Waals surface area (Å²) in [5.74, 6) is 0. The van der Waals surface area contributed by atoms with Crippen LogP contribution in [-0.4, -0.2) is 9.97 Å². The van der Waals surface area contributed by atoms with E-state index in [1.807, 2.05) is 30.3 Å². The van der Waals surface area contributed by atoms with Gasteiger partial charge in [-0.25, -0.2) is 4.98 Å². The Morgan fingerprint density at radius 1 is 1.00 bits per heavy atom. The molecule has 0 radical (unpaired) electrons. The van der Waals surface area contributed by atoms with E-state index in [2.05, 4.69) is 41.8 Å². The normalized spacial score (nSPS) is 11.1. The largest absolute Gasteiger partial charge is 0.255 e. The van der Waals surface area contributed by atoms with Gasteiger partial charge in [-0.1, -0.05) is 12.1 Å². The van der Waals surface area contributed by atoms with E-state index in [0.717, 1.165) is 30.9 Å². The lowest BCUT2D eigenvalue weighted by Crippen LogP contribution is -1.85. The van der Waals surface area contributed by atoms with Crippen LogP contribution in [0.1, 0.15) is 0 Å². The molecule has 16 heavy (non-hydrogen) atoms. The first-order chi connectivity index (χ1) is 7.74. The molecule has 1 aromatic carbocycles. The highest BCUT2D eigenvalue weighted by Gasteiger charge is 2.03. The number of hydrogen-bond donors (Lipinski definition) is 0. The van der Waals surface area contributed by atoms with Gasteiger partial charge in [-0.05, 0) is 50.1 Å². The molecule has 2 nitrogen and oxygen atoms in total. The van der Waals surface area contributed by atoms with Crippen LogP contribution in [0.5, 0.6) is 0 Å². The fourth-order valence-electron chi connectivity index (χ4n) is 1.74. The lowest BCUT2D eigenvalue weighted by Gasteiger charge is -2.03. The highest BCUT2D eigenvalue weighted by molar-refractivity contribution is 9.10. The van der Waals surface area contributed by atoms with Crippen LogP contribution in [0.2, 0.25) is 0 Å². The van der Waals surface area contributed by atoms with Gasteiger partial charge in [0.2, 0.25) is 0 Å². The molecule has 0 amide bonds. The predicted octanol–water partition coefficient (Wildman–Crippen LogP) is 4.31. The predicted molar refractivity (Wildman–Crippen MR) is 72.4 cm³/mol. The molecule has 0 saturated heterocycles. The van der Waals surface area contributed by atoms with Crippen molar-refractivity contribution in [2.45, 2.75) is 0 Å². The number of pyridine rings is 2. The zero-order valence-electron chi connectivity index (χ0n) is 8.11. The Bertz CT molecular complexity index is 634. The van der Waals surface area contributed by atoms with Gasteiger partial charge in [-0.3, -0.25) is 4.98 Å². The maximum absolute atomic E-state index is 4.50. The average molecular weight is 338 g/mol. The van der Waals surface area contributed by atoms with Crippen LogP contribution in [0, 0.1) is 0 Å². The second kappa shape index (κ2) is 3.79. The van der Waals surface area contributed by atoms with E-state index >= 15 is 0 Å². The van der Waals surface area contributed by atoms with E-state index in [4.69, 9.17) is 0 Å². The Morgan fingerprint density at radius 2 is 1.81 bits per heavy atom. The summed E-state index contributed by atoms with van der Waals surface area (Å²) in [6.45, 7) is 0. The molecule has 0 aliphatic rings. The molecular formula is C12H6Br2N2. The molecule has 78 valence electrons. The topological polar surface area (TPSA) is 25.8 Å². The molecule has 0 aliphatic heterocycles. The summed E-state index contributed by atoms with van der Waals surface area (Å²) in [5.41, 5.74) is 1.93. The summed E-state index contributed by atoms with van der Waals surface area (Å²) in [5, 5.41) is 2.18. The van der Waals surface area contributed by atoms with Crippen LogP contribution in [0.25, 0.3) is 21.8 Å². The first kappa shape index (κ1) is 10.2. The SMILES string of the molecule is Brc1cnc2ccc3ccc(Br)nc3c2c1. The smallest absolute Gasteiger partial charge is 0.106 e. The second-order valence-corrected chi connectivity index (χ2v) is 5.22. The van der Waals surface area contributed by atoms with Crippen LogP contribution < -0.4 is 0 Å². The molecule has 0 aliphatic carbocycles. The molecule has 0 atom stereocenters. The maximum atomic E-state index is 4.50. The van der Waals surface area contributed by atoms with Crippen LogP contribution in [0.15, 0.2) is 45.6 Å². The van der Waals surface area contributed by atoms with Crippen molar-refractivity contribution in [3.05, 3.63) is 45.6 Å². The van der Waals surface area contributed by atoms with Gasteiger partial charge in [0.1, 0.15) is 4.60 Å². The van der Waals surface area contributed by atoms with Gasteiger partial charge >= 0.3 is 0 Å². The Kier molecular flexibility index (Phi) is 2.41. The first-order valence-corrected chi connectivity index (χ1v) is 6.33. The molecule has 0 saturated carbocycles. The van der Waals surface area contributed by atoms with E-state index in [1.54, 1.807) is 6.20 Å². The van der Waals surface area contributed by atoms with E-state index in [1.165, 1.54) is 0 Å². The Labute approximate surface area is 109 Å². The van der Waals surface area contributed by atoms with Crippen molar-refractivity contribution in [3.63, 3.8) is 0 Å². The molecule has 3 rings (SSSR count). The number of nitrogens with zero attached hydrogens (tertiary/aromatic N) is 2. The number of halogens is 2. The van der Waals surface area contributed by atoms with Crippen molar-refractivity contribution in [1.82, 2.24) is 9.97 Å². The van der Waals surface area contributed by atoms with Crippen molar-refractivity contribution in [3.8, 4) is 0 Å². The van der Waals surface area contributed by atoms with Crippen LogP contribution in [0.3, 0.4) is 0 Å². The summed E-state index contributed by atoms with van der Waals surface area (Å²) in [4.78, 5) is 8.86. The van der Waals surface area contributed by atoms with E-state index in [9.17, 15) is 0 Å². The highest BCUT2D eigenvalue weighted by atomic mass is 79.9. The zero-order valence-corrected chi connectivity index (χ0v) is 11.3. The maximum Gasteiger partial charge on any atom is 0.106 e. The molecule has 4 heteroatoms. The molecule has 2 aromatic heterocycles. The van der Waals surface area contributed by atoms with Gasteiger partial charge in [0.15, 0.2) is 0 Å². The average Bonchev–Trinajstić information content (AvgIpc) is 2.29. The quantitative estimate of drug-likeness (QED) is 0.451. The standard InChI is InChI=1S/C12H6Br2N2/c13-8-5-9-10(15-6-8)3-1-7-2-4-11(14)16-12(7)9/h1-6H. The molecule has 0 fully saturated rings. The molecule has 3 aromatic rings. The zero-order chi connectivity index (χ0) is 11.1. The van der Waals surface area contributed by atoms with Crippen LogP contribution in [-0.2, 0) is 0 Å². The minimum absolute atomic E-state index is 0.840. The molecule has 0 unspecified atom stereocenters. The van der Waals surface area contributed by atoms with Crippen molar-refractivity contribution in [2.24, 2.45) is 0 Å². The molecule has 0 bridgehead atoms. The summed E-state index contributed by atoms with van der Waals surface area (Å²) in [7, 11) is 0. The summed E-state index contributed by atoms with van der Waals surface area (Å²) in [6.07, 6.45) is 1.80. The number of fused-ring (bicyclic) bond motifs is 3. The lowest BCUT2D eigenvalue weighted by molar-refractivity contribution is 1.35. The summed E-state index contributed by atoms with van der Waals surface area (Å²) >= 11 is 6.83. The van der Waals surface area contributed by atoms with E-state index in [0.29, 0.717) is 0 Å². The minimum atomic E-state index is 0.840. The van der Waals surface area contributed by atoms with Crippen LogP contribution in [0.4, 0.5) is 0 Å². The number of aromatic nitrogens is 2. The molecule has 2 heterocycles. The monoisotopic (exact) mass is 336 g/mol. The lowest BCUT2D eigenvalue weighted by atomic mass is 10.1. The fraction of sp³-hybridized carbons (Fsp3) is 0. The third-order valence-corrected chi connectivity index (χ3v) is 3.33. The van der Waals surface area contributed by atoms with E-state index < -0.39 is 0 Å². The van der Waals surface area contributed by atoms with Crippen LogP contribution >= 0.6 is 31.9 Å². The number of rotatable bonds is 0. The summed E-state index contributed by atoms with van der Waals surface area (Å²) in [6, 6.07) is 10.1. The molecule has 0 spiro atoms. The minimum Gasteiger partial charge on any atom is -0.255 e. The Morgan fingerprint density at radius 3 is 2.69 bits per heavy atom. The first-order valence-electron chi connectivity index (χ1n) is 4.74. The second-order valence-electron chi connectivity index (χ2n) is 3.49. The van der Waals surface area contributed by atoms with Crippen molar-refractivity contribution in [2.75, 3.05) is 0 Å². The van der Waals surface area contributed by atoms with Gasteiger partial charge in [0, 0.05) is 21.4 Å². The fourth-order valence-corrected chi connectivity index (χ4v) is 2.38. The van der Waals surface area contributed by atoms with Gasteiger partial charge in [0.25, 0.3) is 0 Å². The van der Waals surface area contributed by atoms with Gasteiger partial charge in [-0.2, -0.15) is 0 Å². The molecule has 0 N–H and O–H groups in total. The third-order valence-electron chi connectivity index (χ3n) is 2.45. The van der Waals surface area contributed by atoms with Crippen molar-refractivity contribution >= 4 is 53.7 Å². The molecular weight excluding hydrogens is 332 g/mol. The van der Waals surface area contributed by atoms with E-state index in [-0.39, 0.29) is 0 Å². The van der Waals surface area contributed by atoms with Gasteiger partial charge < -0.3 is 0 Å². The van der Waals surface area contributed by atoms with Gasteiger partial charge in [0.05, 0.1) is 11.0 Å². The Hall–Kier alpha value is -1.00. The van der Waals surface area contributed by atoms with Crippen molar-refractivity contribution < 1.29 is 0 Å². The van der Waals surface area contributed by atoms with Gasteiger partial charge in [-0.15, -0.1) is 0 Å². The Balaban J connectivity index is 2.55. The number of benzene rings is 1. The highest BCUT2D eigenvalue weighted by Crippen LogP contribution is 2.26. The number of hydrogen-bond acceptors (Lipinski definition) is 2.